The Bertz CT molecular complexity index is 1140. The fraction of sp³-hybridized carbons (Fsp3) is 0.381. The Labute approximate surface area is 215 Å². The Balaban J connectivity index is 1.41. The third kappa shape index (κ3) is 7.86. The maximum absolute atomic E-state index is 12.3. The molecule has 0 unspecified atom stereocenters. The van der Waals surface area contributed by atoms with E-state index in [2.05, 4.69) is 20.5 Å². The van der Waals surface area contributed by atoms with Crippen LogP contribution in [0, 0.1) is 0 Å². The predicted molar refractivity (Wildman–Crippen MR) is 133 cm³/mol. The second-order valence-corrected chi connectivity index (χ2v) is 9.59. The summed E-state index contributed by atoms with van der Waals surface area (Å²) in [6.45, 7) is 2.53. The van der Waals surface area contributed by atoms with E-state index in [0.29, 0.717) is 57.8 Å². The molecule has 1 N–H and O–H groups in total. The van der Waals surface area contributed by atoms with Crippen molar-refractivity contribution < 1.29 is 19.1 Å². The van der Waals surface area contributed by atoms with Crippen LogP contribution >= 0.6 is 46.3 Å². The van der Waals surface area contributed by atoms with Gasteiger partial charge in [0.1, 0.15) is 11.6 Å². The number of carbonyl (C=O) groups excluding carboxylic acids is 2. The molecule has 3 aromatic rings. The lowest BCUT2D eigenvalue weighted by atomic mass is 10.3. The highest BCUT2D eigenvalue weighted by atomic mass is 35.5. The highest BCUT2D eigenvalue weighted by molar-refractivity contribution is 7.99. The molecular formula is C21H23Cl2N5O4S2. The van der Waals surface area contributed by atoms with Crippen molar-refractivity contribution >= 4 is 63.3 Å². The molecule has 0 aliphatic carbocycles. The number of hydrogen-bond acceptors (Lipinski definition) is 9. The van der Waals surface area contributed by atoms with E-state index in [4.69, 9.17) is 32.7 Å². The second-order valence-electron chi connectivity index (χ2n) is 6.95. The molecule has 2 heterocycles. The summed E-state index contributed by atoms with van der Waals surface area (Å²) in [5.74, 6) is 0.952. The zero-order valence-electron chi connectivity index (χ0n) is 18.5. The Morgan fingerprint density at radius 3 is 2.85 bits per heavy atom. The zero-order valence-corrected chi connectivity index (χ0v) is 21.7. The number of ether oxygens (including phenoxy) is 2. The zero-order chi connectivity index (χ0) is 24.5. The van der Waals surface area contributed by atoms with Crippen molar-refractivity contribution in [1.82, 2.24) is 19.7 Å². The number of thiazole rings is 1. The summed E-state index contributed by atoms with van der Waals surface area (Å²) < 4.78 is 12.4. The SMILES string of the molecule is CCOC(=O)Cc1csc(NC(=O)CSc2nnc(CCCOc3ccc(Cl)cc3Cl)n2C)n1. The van der Waals surface area contributed by atoms with Gasteiger partial charge in [-0.15, -0.1) is 21.5 Å². The van der Waals surface area contributed by atoms with Gasteiger partial charge >= 0.3 is 5.97 Å². The molecule has 1 aromatic carbocycles. The van der Waals surface area contributed by atoms with E-state index in [1.54, 1.807) is 30.5 Å². The van der Waals surface area contributed by atoms with Crippen molar-refractivity contribution in [3.05, 3.63) is 45.1 Å². The number of esters is 1. The second kappa shape index (κ2) is 12.9. The highest BCUT2D eigenvalue weighted by Crippen LogP contribution is 2.27. The van der Waals surface area contributed by atoms with Crippen molar-refractivity contribution in [2.75, 3.05) is 24.3 Å². The molecule has 0 saturated heterocycles. The molecule has 2 aromatic heterocycles. The third-order valence-corrected chi connectivity index (χ3v) is 6.74. The van der Waals surface area contributed by atoms with Gasteiger partial charge in [-0.05, 0) is 31.5 Å². The molecule has 0 fully saturated rings. The van der Waals surface area contributed by atoms with Crippen LogP contribution in [-0.4, -0.2) is 50.6 Å². The molecule has 9 nitrogen and oxygen atoms in total. The standard InChI is InChI=1S/C21H23Cl2N5O4S2/c1-3-31-19(30)10-14-11-33-20(24-14)25-18(29)12-34-21-27-26-17(28(21)2)5-4-8-32-16-7-6-13(22)9-15(16)23/h6-7,9,11H,3-5,8,10,12H2,1-2H3,(H,24,25,29). The van der Waals surface area contributed by atoms with Gasteiger partial charge in [-0.1, -0.05) is 35.0 Å². The van der Waals surface area contributed by atoms with Gasteiger partial charge in [0, 0.05) is 23.9 Å². The highest BCUT2D eigenvalue weighted by Gasteiger charge is 2.14. The quantitative estimate of drug-likeness (QED) is 0.203. The van der Waals surface area contributed by atoms with Gasteiger partial charge in [-0.25, -0.2) is 4.98 Å². The number of benzene rings is 1. The summed E-state index contributed by atoms with van der Waals surface area (Å²) in [7, 11) is 1.86. The smallest absolute Gasteiger partial charge is 0.311 e. The van der Waals surface area contributed by atoms with Crippen LogP contribution in [0.15, 0.2) is 28.7 Å². The van der Waals surface area contributed by atoms with Gasteiger partial charge in [0.15, 0.2) is 10.3 Å². The summed E-state index contributed by atoms with van der Waals surface area (Å²) in [5.41, 5.74) is 0.562. The molecule has 3 rings (SSSR count). The average molecular weight is 544 g/mol. The number of anilines is 1. The number of amides is 1. The van der Waals surface area contributed by atoms with E-state index in [0.717, 1.165) is 5.82 Å². The number of aryl methyl sites for hydroxylation is 1. The molecule has 0 spiro atoms. The predicted octanol–water partition coefficient (Wildman–Crippen LogP) is 4.43. The number of thioether (sulfide) groups is 1. The molecule has 13 heteroatoms. The van der Waals surface area contributed by atoms with Gasteiger partial charge in [0.25, 0.3) is 0 Å². The summed E-state index contributed by atoms with van der Waals surface area (Å²) in [4.78, 5) is 28.1. The fourth-order valence-electron chi connectivity index (χ4n) is 2.78. The minimum Gasteiger partial charge on any atom is -0.492 e. The number of halogens is 2. The maximum atomic E-state index is 12.3. The number of nitrogens with one attached hydrogen (secondary N) is 1. The van der Waals surface area contributed by atoms with Crippen molar-refractivity contribution in [3.63, 3.8) is 0 Å². The molecule has 182 valence electrons. The minimum atomic E-state index is -0.348. The first-order valence-electron chi connectivity index (χ1n) is 10.3. The van der Waals surface area contributed by atoms with E-state index in [-0.39, 0.29) is 24.1 Å². The van der Waals surface area contributed by atoms with E-state index >= 15 is 0 Å². The summed E-state index contributed by atoms with van der Waals surface area (Å²) >= 11 is 14.5. The Kier molecular flexibility index (Phi) is 10.00. The number of rotatable bonds is 12. The molecule has 0 radical (unpaired) electrons. The van der Waals surface area contributed by atoms with Crippen LogP contribution in [0.25, 0.3) is 0 Å². The van der Waals surface area contributed by atoms with Crippen LogP contribution in [0.2, 0.25) is 10.0 Å². The first kappa shape index (κ1) is 26.3. The summed E-state index contributed by atoms with van der Waals surface area (Å²) in [6, 6.07) is 5.10. The first-order valence-corrected chi connectivity index (χ1v) is 13.0. The van der Waals surface area contributed by atoms with Crippen molar-refractivity contribution in [1.29, 1.82) is 0 Å². The summed E-state index contributed by atoms with van der Waals surface area (Å²) in [6.07, 6.45) is 1.45. The fourth-order valence-corrected chi connectivity index (χ4v) is 4.70. The van der Waals surface area contributed by atoms with E-state index in [1.165, 1.54) is 23.1 Å². The van der Waals surface area contributed by atoms with Crippen molar-refractivity contribution in [3.8, 4) is 5.75 Å². The van der Waals surface area contributed by atoms with Crippen LogP contribution in [0.3, 0.4) is 0 Å². The first-order chi connectivity index (χ1) is 16.4. The van der Waals surface area contributed by atoms with Gasteiger partial charge < -0.3 is 19.4 Å². The van der Waals surface area contributed by atoms with E-state index in [9.17, 15) is 9.59 Å². The van der Waals surface area contributed by atoms with Crippen LogP contribution in [0.5, 0.6) is 5.75 Å². The van der Waals surface area contributed by atoms with Crippen LogP contribution in [0.4, 0.5) is 5.13 Å². The minimum absolute atomic E-state index is 0.0778. The summed E-state index contributed by atoms with van der Waals surface area (Å²) in [5, 5.41) is 14.9. The molecule has 0 aliphatic rings. The van der Waals surface area contributed by atoms with Crippen LogP contribution in [0.1, 0.15) is 24.9 Å². The lowest BCUT2D eigenvalue weighted by Crippen LogP contribution is -2.14. The van der Waals surface area contributed by atoms with E-state index in [1.807, 2.05) is 11.6 Å². The van der Waals surface area contributed by atoms with Crippen LogP contribution in [-0.2, 0) is 34.2 Å². The monoisotopic (exact) mass is 543 g/mol. The average Bonchev–Trinajstić information content (AvgIpc) is 3.37. The molecular weight excluding hydrogens is 521 g/mol. The lowest BCUT2D eigenvalue weighted by Gasteiger charge is -2.08. The maximum Gasteiger partial charge on any atom is 0.311 e. The van der Waals surface area contributed by atoms with Crippen LogP contribution < -0.4 is 10.1 Å². The number of aromatic nitrogens is 4. The Hall–Kier alpha value is -2.34. The van der Waals surface area contributed by atoms with Gasteiger partial charge in [0.05, 0.1) is 36.1 Å². The number of carbonyl (C=O) groups is 2. The molecule has 1 amide bonds. The Morgan fingerprint density at radius 2 is 2.09 bits per heavy atom. The van der Waals surface area contributed by atoms with Crippen molar-refractivity contribution in [2.24, 2.45) is 7.05 Å². The molecule has 0 aliphatic heterocycles. The molecule has 0 bridgehead atoms. The topological polar surface area (TPSA) is 108 Å². The lowest BCUT2D eigenvalue weighted by molar-refractivity contribution is -0.142. The number of hydrogen-bond donors (Lipinski definition) is 1. The van der Waals surface area contributed by atoms with Crippen molar-refractivity contribution in [2.45, 2.75) is 31.3 Å². The number of nitrogens with zero attached hydrogens (tertiary/aromatic N) is 4. The normalized spacial score (nSPS) is 10.8. The largest absolute Gasteiger partial charge is 0.492 e. The van der Waals surface area contributed by atoms with Gasteiger partial charge in [0.2, 0.25) is 5.91 Å². The Morgan fingerprint density at radius 1 is 1.26 bits per heavy atom. The molecule has 0 saturated carbocycles. The third-order valence-electron chi connectivity index (χ3n) is 4.38. The van der Waals surface area contributed by atoms with E-state index < -0.39 is 0 Å². The van der Waals surface area contributed by atoms with Gasteiger partial charge in [-0.3, -0.25) is 9.59 Å². The molecule has 34 heavy (non-hydrogen) atoms. The van der Waals surface area contributed by atoms with Gasteiger partial charge in [-0.2, -0.15) is 0 Å². The molecule has 0 atom stereocenters.